The molecule has 0 amide bonds. The molecule has 17 heavy (non-hydrogen) atoms. The maximum absolute atomic E-state index is 11.8. The van der Waals surface area contributed by atoms with Crippen molar-refractivity contribution in [1.82, 2.24) is 10.2 Å². The topological polar surface area (TPSA) is 59.9 Å². The second-order valence-electron chi connectivity index (χ2n) is 3.78. The zero-order chi connectivity index (χ0) is 12.5. The van der Waals surface area contributed by atoms with Crippen LogP contribution in [0, 0.1) is 0 Å². The van der Waals surface area contributed by atoms with E-state index in [0.717, 1.165) is 29.2 Å². The number of aromatic nitrogens is 2. The van der Waals surface area contributed by atoms with Crippen molar-refractivity contribution in [3.05, 3.63) is 17.2 Å². The third-order valence-corrected chi connectivity index (χ3v) is 5.58. The first-order valence-corrected chi connectivity index (χ1v) is 7.53. The van der Waals surface area contributed by atoms with E-state index < -0.39 is 15.9 Å². The number of allylic oxidation sites excluding steroid dienone is 1. The highest BCUT2D eigenvalue weighted by Crippen LogP contribution is 2.41. The molecule has 1 fully saturated rings. The van der Waals surface area contributed by atoms with Crippen LogP contribution in [0.2, 0.25) is 0 Å². The largest absolute Gasteiger partial charge is 0.266 e. The maximum Gasteiger partial charge on any atom is 0.266 e. The Bertz CT molecular complexity index is 531. The normalized spacial score (nSPS) is 15.9. The number of hydrogen-bond acceptors (Lipinski definition) is 5. The molecular formula is C9H10F2N2O2S2. The lowest BCUT2D eigenvalue weighted by molar-refractivity contribution is 0.418. The number of rotatable bonds is 5. The average Bonchev–Trinajstić information content (AvgIpc) is 2.95. The predicted octanol–water partition coefficient (Wildman–Crippen LogP) is 2.36. The van der Waals surface area contributed by atoms with Gasteiger partial charge >= 0.3 is 0 Å². The van der Waals surface area contributed by atoms with E-state index in [4.69, 9.17) is 0 Å². The SMILES string of the molecule is O=S(=O)(CCC=C(F)F)c1nnc(C2CC2)s1. The Kier molecular flexibility index (Phi) is 3.53. The molecule has 1 heterocycles. The molecule has 0 atom stereocenters. The van der Waals surface area contributed by atoms with Gasteiger partial charge in [-0.1, -0.05) is 11.3 Å². The summed E-state index contributed by atoms with van der Waals surface area (Å²) in [6.45, 7) is 0. The lowest BCUT2D eigenvalue weighted by Gasteiger charge is -1.95. The fraction of sp³-hybridized carbons (Fsp3) is 0.556. The zero-order valence-corrected chi connectivity index (χ0v) is 10.4. The van der Waals surface area contributed by atoms with Crippen LogP contribution in [0.4, 0.5) is 8.78 Å². The summed E-state index contributed by atoms with van der Waals surface area (Å²) in [6.07, 6.45) is 0.564. The van der Waals surface area contributed by atoms with Crippen LogP contribution in [0.25, 0.3) is 0 Å². The molecule has 1 aliphatic rings. The van der Waals surface area contributed by atoms with Gasteiger partial charge < -0.3 is 0 Å². The van der Waals surface area contributed by atoms with Crippen LogP contribution < -0.4 is 0 Å². The van der Waals surface area contributed by atoms with Gasteiger partial charge in [-0.15, -0.1) is 10.2 Å². The summed E-state index contributed by atoms with van der Waals surface area (Å²) in [7, 11) is -3.57. The van der Waals surface area contributed by atoms with Crippen molar-refractivity contribution in [2.45, 2.75) is 29.5 Å². The number of nitrogens with zero attached hydrogens (tertiary/aromatic N) is 2. The van der Waals surface area contributed by atoms with Gasteiger partial charge in [0.1, 0.15) is 5.01 Å². The van der Waals surface area contributed by atoms with Crippen molar-refractivity contribution in [2.24, 2.45) is 0 Å². The predicted molar refractivity (Wildman–Crippen MR) is 58.9 cm³/mol. The zero-order valence-electron chi connectivity index (χ0n) is 8.77. The highest BCUT2D eigenvalue weighted by atomic mass is 32.2. The first-order valence-electron chi connectivity index (χ1n) is 5.06. The summed E-state index contributed by atoms with van der Waals surface area (Å²) in [5, 5.41) is 8.16. The molecule has 2 rings (SSSR count). The fourth-order valence-corrected chi connectivity index (χ4v) is 3.78. The van der Waals surface area contributed by atoms with Crippen molar-refractivity contribution >= 4 is 21.2 Å². The summed E-state index contributed by atoms with van der Waals surface area (Å²) >= 11 is 1.05. The minimum atomic E-state index is -3.57. The maximum atomic E-state index is 11.8. The van der Waals surface area contributed by atoms with Crippen LogP contribution in [0.1, 0.15) is 30.2 Å². The van der Waals surface area contributed by atoms with Gasteiger partial charge in [0.25, 0.3) is 6.08 Å². The van der Waals surface area contributed by atoms with Crippen molar-refractivity contribution in [2.75, 3.05) is 5.75 Å². The molecule has 0 radical (unpaired) electrons. The second kappa shape index (κ2) is 4.77. The second-order valence-corrected chi connectivity index (χ2v) is 7.07. The standard InChI is InChI=1S/C9H10F2N2O2S2/c10-7(11)2-1-5-17(14,15)9-13-12-8(16-9)6-3-4-6/h2,6H,1,3-5H2. The monoisotopic (exact) mass is 280 g/mol. The molecule has 1 aromatic rings. The van der Waals surface area contributed by atoms with E-state index in [1.54, 1.807) is 0 Å². The summed E-state index contributed by atoms with van der Waals surface area (Å²) in [5.74, 6) is -0.0106. The molecule has 0 bridgehead atoms. The van der Waals surface area contributed by atoms with Crippen molar-refractivity contribution in [1.29, 1.82) is 0 Å². The summed E-state index contributed by atoms with van der Waals surface area (Å²) in [5.41, 5.74) is 0. The van der Waals surface area contributed by atoms with Crippen LogP contribution in [0.3, 0.4) is 0 Å². The van der Waals surface area contributed by atoms with Gasteiger partial charge in [0.2, 0.25) is 14.2 Å². The first-order chi connectivity index (χ1) is 7.99. The molecule has 0 unspecified atom stereocenters. The Balaban J connectivity index is 2.05. The van der Waals surface area contributed by atoms with Crippen molar-refractivity contribution < 1.29 is 17.2 Å². The van der Waals surface area contributed by atoms with Crippen molar-refractivity contribution in [3.63, 3.8) is 0 Å². The van der Waals surface area contributed by atoms with Gasteiger partial charge in [-0.05, 0) is 25.3 Å². The van der Waals surface area contributed by atoms with Crippen LogP contribution in [-0.4, -0.2) is 24.4 Å². The first kappa shape index (κ1) is 12.6. The van der Waals surface area contributed by atoms with E-state index in [-0.39, 0.29) is 16.5 Å². The van der Waals surface area contributed by atoms with E-state index in [1.807, 2.05) is 0 Å². The Morgan fingerprint density at radius 3 is 2.71 bits per heavy atom. The van der Waals surface area contributed by atoms with Gasteiger partial charge in [0, 0.05) is 5.92 Å². The number of sulfone groups is 1. The molecule has 8 heteroatoms. The average molecular weight is 280 g/mol. The minimum absolute atomic E-state index is 0.0629. The summed E-state index contributed by atoms with van der Waals surface area (Å²) in [4.78, 5) is 0. The molecule has 1 saturated carbocycles. The van der Waals surface area contributed by atoms with E-state index in [1.165, 1.54) is 0 Å². The smallest absolute Gasteiger partial charge is 0.221 e. The summed E-state index contributed by atoms with van der Waals surface area (Å²) < 4.78 is 46.9. The van der Waals surface area contributed by atoms with E-state index >= 15 is 0 Å². The molecule has 1 aliphatic carbocycles. The van der Waals surface area contributed by atoms with Crippen LogP contribution in [-0.2, 0) is 9.84 Å². The fourth-order valence-electron chi connectivity index (χ4n) is 1.25. The quantitative estimate of drug-likeness (QED) is 0.830. The molecule has 0 spiro atoms. The van der Waals surface area contributed by atoms with E-state index in [0.29, 0.717) is 12.0 Å². The molecule has 0 aliphatic heterocycles. The minimum Gasteiger partial charge on any atom is -0.221 e. The highest BCUT2D eigenvalue weighted by molar-refractivity contribution is 7.93. The lowest BCUT2D eigenvalue weighted by Crippen LogP contribution is -2.05. The Labute approximate surface area is 101 Å². The van der Waals surface area contributed by atoms with E-state index in [2.05, 4.69) is 10.2 Å². The van der Waals surface area contributed by atoms with Gasteiger partial charge in [0.05, 0.1) is 5.75 Å². The van der Waals surface area contributed by atoms with Crippen LogP contribution >= 0.6 is 11.3 Å². The molecule has 94 valence electrons. The Hall–Kier alpha value is -0.890. The molecule has 0 N–H and O–H groups in total. The Morgan fingerprint density at radius 2 is 2.12 bits per heavy atom. The van der Waals surface area contributed by atoms with Gasteiger partial charge in [-0.3, -0.25) is 0 Å². The number of hydrogen-bond donors (Lipinski definition) is 0. The molecule has 1 aromatic heterocycles. The lowest BCUT2D eigenvalue weighted by atomic mass is 10.5. The van der Waals surface area contributed by atoms with Gasteiger partial charge in [0.15, 0.2) is 0 Å². The van der Waals surface area contributed by atoms with Crippen LogP contribution in [0.5, 0.6) is 0 Å². The summed E-state index contributed by atoms with van der Waals surface area (Å²) in [6, 6.07) is 0. The Morgan fingerprint density at radius 1 is 1.41 bits per heavy atom. The molecule has 0 saturated heterocycles. The van der Waals surface area contributed by atoms with E-state index in [9.17, 15) is 17.2 Å². The third-order valence-electron chi connectivity index (χ3n) is 2.30. The highest BCUT2D eigenvalue weighted by Gasteiger charge is 2.29. The van der Waals surface area contributed by atoms with Crippen molar-refractivity contribution in [3.8, 4) is 0 Å². The molecular weight excluding hydrogens is 270 g/mol. The van der Waals surface area contributed by atoms with Gasteiger partial charge in [-0.25, -0.2) is 8.42 Å². The van der Waals surface area contributed by atoms with Gasteiger partial charge in [-0.2, -0.15) is 8.78 Å². The third kappa shape index (κ3) is 3.29. The van der Waals surface area contributed by atoms with Crippen LogP contribution in [0.15, 0.2) is 16.5 Å². The number of halogens is 2. The molecule has 4 nitrogen and oxygen atoms in total. The molecule has 0 aromatic carbocycles.